The fourth-order valence-corrected chi connectivity index (χ4v) is 2.67. The first kappa shape index (κ1) is 10.1. The van der Waals surface area contributed by atoms with Crippen molar-refractivity contribution in [2.75, 3.05) is 5.88 Å². The zero-order chi connectivity index (χ0) is 9.80. The van der Waals surface area contributed by atoms with Crippen molar-refractivity contribution < 1.29 is 0 Å². The Hall–Kier alpha value is -0.450. The van der Waals surface area contributed by atoms with Crippen molar-refractivity contribution in [2.45, 2.75) is 12.8 Å². The van der Waals surface area contributed by atoms with Gasteiger partial charge in [0.05, 0.1) is 11.2 Å². The Kier molecular flexibility index (Phi) is 3.50. The Labute approximate surface area is 95.6 Å². The maximum atomic E-state index is 5.62. The monoisotopic (exact) mass is 244 g/mol. The summed E-state index contributed by atoms with van der Waals surface area (Å²) in [5, 5.41) is 5.11. The molecular formula is C9H9ClN2S2. The molecule has 0 unspecified atom stereocenters. The molecule has 0 aliphatic heterocycles. The summed E-state index contributed by atoms with van der Waals surface area (Å²) in [6, 6.07) is 0. The Bertz CT molecular complexity index is 383. The molecular weight excluding hydrogens is 236 g/mol. The lowest BCUT2D eigenvalue weighted by Gasteiger charge is -1.90. The number of nitrogens with zero attached hydrogens (tertiary/aromatic N) is 2. The molecule has 0 amide bonds. The third-order valence-corrected chi connectivity index (χ3v) is 3.54. The van der Waals surface area contributed by atoms with E-state index in [9.17, 15) is 0 Å². The van der Waals surface area contributed by atoms with Crippen molar-refractivity contribution in [1.29, 1.82) is 0 Å². The largest absolute Gasteiger partial charge is 0.242 e. The van der Waals surface area contributed by atoms with Gasteiger partial charge in [0, 0.05) is 16.6 Å². The van der Waals surface area contributed by atoms with Crippen LogP contribution in [-0.2, 0) is 6.42 Å². The fourth-order valence-electron chi connectivity index (χ4n) is 1.11. The van der Waals surface area contributed by atoms with E-state index in [2.05, 4.69) is 15.3 Å². The van der Waals surface area contributed by atoms with Gasteiger partial charge in [-0.2, -0.15) is 0 Å². The predicted octanol–water partition coefficient (Wildman–Crippen LogP) is 3.44. The number of alkyl halides is 1. The fraction of sp³-hybridized carbons (Fsp3) is 0.333. The van der Waals surface area contributed by atoms with Crippen molar-refractivity contribution in [3.8, 4) is 10.7 Å². The summed E-state index contributed by atoms with van der Waals surface area (Å²) in [5.41, 5.74) is 3.94. The van der Waals surface area contributed by atoms with Gasteiger partial charge in [0.2, 0.25) is 0 Å². The van der Waals surface area contributed by atoms with Gasteiger partial charge in [-0.3, -0.25) is 0 Å². The highest BCUT2D eigenvalue weighted by atomic mass is 35.5. The normalized spacial score (nSPS) is 10.6. The zero-order valence-electron chi connectivity index (χ0n) is 7.44. The van der Waals surface area contributed by atoms with Crippen LogP contribution in [0.4, 0.5) is 0 Å². The molecule has 0 radical (unpaired) electrons. The summed E-state index contributed by atoms with van der Waals surface area (Å²) in [6.45, 7) is 0. The van der Waals surface area contributed by atoms with E-state index in [0.717, 1.165) is 29.2 Å². The van der Waals surface area contributed by atoms with Gasteiger partial charge in [-0.15, -0.1) is 34.3 Å². The molecule has 0 spiro atoms. The van der Waals surface area contributed by atoms with Crippen LogP contribution in [0.15, 0.2) is 16.3 Å². The molecule has 0 N–H and O–H groups in total. The van der Waals surface area contributed by atoms with Crippen LogP contribution in [0.5, 0.6) is 0 Å². The van der Waals surface area contributed by atoms with E-state index in [1.54, 1.807) is 22.7 Å². The van der Waals surface area contributed by atoms with Crippen LogP contribution in [0, 0.1) is 0 Å². The second-order valence-corrected chi connectivity index (χ2v) is 4.76. The van der Waals surface area contributed by atoms with Gasteiger partial charge in [-0.1, -0.05) is 0 Å². The molecule has 0 atom stereocenters. The zero-order valence-corrected chi connectivity index (χ0v) is 9.83. The van der Waals surface area contributed by atoms with Gasteiger partial charge in [-0.25, -0.2) is 9.97 Å². The van der Waals surface area contributed by atoms with Gasteiger partial charge >= 0.3 is 0 Å². The molecule has 0 bridgehead atoms. The summed E-state index contributed by atoms with van der Waals surface area (Å²) in [7, 11) is 0. The predicted molar refractivity (Wildman–Crippen MR) is 62.3 cm³/mol. The maximum absolute atomic E-state index is 5.62. The van der Waals surface area contributed by atoms with Gasteiger partial charge < -0.3 is 0 Å². The van der Waals surface area contributed by atoms with Crippen LogP contribution < -0.4 is 0 Å². The molecule has 5 heteroatoms. The lowest BCUT2D eigenvalue weighted by atomic mass is 10.3. The Morgan fingerprint density at radius 1 is 1.36 bits per heavy atom. The molecule has 0 aliphatic rings. The molecule has 0 fully saturated rings. The number of hydrogen-bond donors (Lipinski definition) is 0. The number of thiazole rings is 2. The summed E-state index contributed by atoms with van der Waals surface area (Å²) >= 11 is 8.87. The molecule has 0 aromatic carbocycles. The summed E-state index contributed by atoms with van der Waals surface area (Å²) in [4.78, 5) is 8.71. The van der Waals surface area contributed by atoms with Gasteiger partial charge in [0.1, 0.15) is 10.7 Å². The average Bonchev–Trinajstić information content (AvgIpc) is 2.85. The van der Waals surface area contributed by atoms with Gasteiger partial charge in [0.25, 0.3) is 0 Å². The highest BCUT2D eigenvalue weighted by Crippen LogP contribution is 2.23. The van der Waals surface area contributed by atoms with E-state index in [4.69, 9.17) is 11.6 Å². The quantitative estimate of drug-likeness (QED) is 0.770. The van der Waals surface area contributed by atoms with E-state index in [1.165, 1.54) is 0 Å². The summed E-state index contributed by atoms with van der Waals surface area (Å²) < 4.78 is 0. The number of aryl methyl sites for hydroxylation is 1. The second-order valence-electron chi connectivity index (χ2n) is 2.81. The van der Waals surface area contributed by atoms with E-state index < -0.39 is 0 Å². The molecule has 0 saturated carbocycles. The third kappa shape index (κ3) is 2.32. The second kappa shape index (κ2) is 4.87. The summed E-state index contributed by atoms with van der Waals surface area (Å²) in [5.74, 6) is 0.698. The molecule has 0 aliphatic carbocycles. The molecule has 2 aromatic heterocycles. The van der Waals surface area contributed by atoms with E-state index >= 15 is 0 Å². The van der Waals surface area contributed by atoms with Crippen LogP contribution in [0.2, 0.25) is 0 Å². The Morgan fingerprint density at radius 3 is 3.00 bits per heavy atom. The molecule has 2 heterocycles. The van der Waals surface area contributed by atoms with Crippen LogP contribution in [0.3, 0.4) is 0 Å². The SMILES string of the molecule is ClCCCc1csc(-c2cscn2)n1. The highest BCUT2D eigenvalue weighted by molar-refractivity contribution is 7.13. The highest BCUT2D eigenvalue weighted by Gasteiger charge is 2.05. The Morgan fingerprint density at radius 2 is 2.29 bits per heavy atom. The maximum Gasteiger partial charge on any atom is 0.142 e. The first-order valence-corrected chi connectivity index (χ1v) is 6.65. The Balaban J connectivity index is 2.10. The molecule has 2 rings (SSSR count). The molecule has 0 saturated heterocycles. The topological polar surface area (TPSA) is 25.8 Å². The molecule has 2 nitrogen and oxygen atoms in total. The first-order chi connectivity index (χ1) is 6.90. The van der Waals surface area contributed by atoms with Crippen molar-refractivity contribution in [3.05, 3.63) is 22.0 Å². The first-order valence-electron chi connectivity index (χ1n) is 4.29. The summed E-state index contributed by atoms with van der Waals surface area (Å²) in [6.07, 6.45) is 1.95. The van der Waals surface area contributed by atoms with Crippen LogP contribution in [0.25, 0.3) is 10.7 Å². The minimum absolute atomic E-state index is 0.698. The lowest BCUT2D eigenvalue weighted by Crippen LogP contribution is -1.86. The van der Waals surface area contributed by atoms with Crippen molar-refractivity contribution >= 4 is 34.3 Å². The van der Waals surface area contributed by atoms with E-state index in [-0.39, 0.29) is 0 Å². The van der Waals surface area contributed by atoms with Crippen LogP contribution in [0.1, 0.15) is 12.1 Å². The molecule has 74 valence electrons. The number of aromatic nitrogens is 2. The van der Waals surface area contributed by atoms with Gasteiger partial charge in [-0.05, 0) is 12.8 Å². The van der Waals surface area contributed by atoms with Crippen LogP contribution in [-0.4, -0.2) is 15.8 Å². The molecule has 14 heavy (non-hydrogen) atoms. The number of hydrogen-bond acceptors (Lipinski definition) is 4. The third-order valence-electron chi connectivity index (χ3n) is 1.77. The van der Waals surface area contributed by atoms with Crippen molar-refractivity contribution in [3.63, 3.8) is 0 Å². The van der Waals surface area contributed by atoms with Gasteiger partial charge in [0.15, 0.2) is 0 Å². The number of rotatable bonds is 4. The minimum Gasteiger partial charge on any atom is -0.242 e. The minimum atomic E-state index is 0.698. The van der Waals surface area contributed by atoms with Crippen LogP contribution >= 0.6 is 34.3 Å². The number of halogens is 1. The average molecular weight is 245 g/mol. The van der Waals surface area contributed by atoms with Crippen molar-refractivity contribution in [2.24, 2.45) is 0 Å². The van der Waals surface area contributed by atoms with E-state index in [1.807, 2.05) is 10.9 Å². The smallest absolute Gasteiger partial charge is 0.142 e. The van der Waals surface area contributed by atoms with Crippen molar-refractivity contribution in [1.82, 2.24) is 9.97 Å². The lowest BCUT2D eigenvalue weighted by molar-refractivity contribution is 0.899. The molecule has 2 aromatic rings. The van der Waals surface area contributed by atoms with E-state index in [0.29, 0.717) is 5.88 Å². The standard InChI is InChI=1S/C9H9ClN2S2/c10-3-1-2-7-4-14-9(12-7)8-5-13-6-11-8/h4-6H,1-3H2.